The molecular weight excluding hydrogens is 342 g/mol. The average Bonchev–Trinajstić information content (AvgIpc) is 2.76. The van der Waals surface area contributed by atoms with E-state index in [2.05, 4.69) is 25.9 Å². The highest BCUT2D eigenvalue weighted by atomic mass is 79.9. The summed E-state index contributed by atoms with van der Waals surface area (Å²) in [5.74, 6) is 0.833. The van der Waals surface area contributed by atoms with Gasteiger partial charge in [0.2, 0.25) is 5.28 Å². The number of ether oxygens (including phenoxy) is 1. The van der Waals surface area contributed by atoms with Crippen molar-refractivity contribution in [2.45, 2.75) is 6.54 Å². The molecular formula is C14H11BrClN3O. The van der Waals surface area contributed by atoms with Crippen molar-refractivity contribution < 1.29 is 4.74 Å². The van der Waals surface area contributed by atoms with Crippen LogP contribution in [0.15, 0.2) is 41.0 Å². The van der Waals surface area contributed by atoms with Crippen LogP contribution in [0.5, 0.6) is 5.75 Å². The lowest BCUT2D eigenvalue weighted by atomic mass is 10.2. The van der Waals surface area contributed by atoms with Crippen LogP contribution in [0, 0.1) is 0 Å². The van der Waals surface area contributed by atoms with E-state index in [9.17, 15) is 0 Å². The minimum Gasteiger partial charge on any atom is -0.497 e. The van der Waals surface area contributed by atoms with Crippen molar-refractivity contribution in [3.8, 4) is 5.75 Å². The molecule has 0 aliphatic rings. The van der Waals surface area contributed by atoms with Crippen molar-refractivity contribution in [1.82, 2.24) is 14.5 Å². The summed E-state index contributed by atoms with van der Waals surface area (Å²) in [5.41, 5.74) is 2.67. The second-order valence-corrected chi connectivity index (χ2v) is 5.57. The maximum absolute atomic E-state index is 6.20. The fourth-order valence-corrected chi connectivity index (χ4v) is 2.57. The predicted octanol–water partition coefficient (Wildman–Crippen LogP) is 3.90. The molecule has 1 aromatic carbocycles. The van der Waals surface area contributed by atoms with E-state index in [1.54, 1.807) is 13.3 Å². The number of hydrogen-bond donors (Lipinski definition) is 0. The largest absolute Gasteiger partial charge is 0.497 e. The Hall–Kier alpha value is -1.59. The van der Waals surface area contributed by atoms with Crippen molar-refractivity contribution in [1.29, 1.82) is 0 Å². The normalized spacial score (nSPS) is 10.9. The van der Waals surface area contributed by atoms with E-state index >= 15 is 0 Å². The number of methoxy groups -OCH3 is 1. The number of halogens is 2. The summed E-state index contributed by atoms with van der Waals surface area (Å²) in [6, 6.07) is 9.83. The molecule has 0 atom stereocenters. The van der Waals surface area contributed by atoms with Crippen LogP contribution >= 0.6 is 27.5 Å². The molecule has 20 heavy (non-hydrogen) atoms. The van der Waals surface area contributed by atoms with E-state index in [0.29, 0.717) is 17.5 Å². The van der Waals surface area contributed by atoms with Gasteiger partial charge in [-0.25, -0.2) is 4.98 Å². The third-order valence-electron chi connectivity index (χ3n) is 3.03. The van der Waals surface area contributed by atoms with Crippen LogP contribution in [0.2, 0.25) is 5.28 Å². The van der Waals surface area contributed by atoms with Crippen LogP contribution in [0.25, 0.3) is 11.2 Å². The van der Waals surface area contributed by atoms with Gasteiger partial charge in [0.05, 0.1) is 19.2 Å². The van der Waals surface area contributed by atoms with Gasteiger partial charge in [-0.3, -0.25) is 0 Å². The standard InChI is InChI=1S/C14H11BrClN3O/c1-20-11-4-2-9(3-5-11)8-19-12-6-10(15)7-17-13(12)18-14(19)16/h2-7H,8H2,1H3. The van der Waals surface area contributed by atoms with Gasteiger partial charge in [0, 0.05) is 10.7 Å². The van der Waals surface area contributed by atoms with Crippen LogP contribution in [0.3, 0.4) is 0 Å². The first-order valence-electron chi connectivity index (χ1n) is 5.97. The van der Waals surface area contributed by atoms with Gasteiger partial charge < -0.3 is 9.30 Å². The second kappa shape index (κ2) is 5.42. The Labute approximate surface area is 129 Å². The van der Waals surface area contributed by atoms with E-state index in [1.165, 1.54) is 0 Å². The first-order valence-corrected chi connectivity index (χ1v) is 7.14. The molecule has 3 rings (SSSR count). The number of rotatable bonds is 3. The quantitative estimate of drug-likeness (QED) is 0.717. The highest BCUT2D eigenvalue weighted by Gasteiger charge is 2.10. The maximum Gasteiger partial charge on any atom is 0.205 e. The van der Waals surface area contributed by atoms with Gasteiger partial charge in [0.15, 0.2) is 5.65 Å². The Morgan fingerprint density at radius 1 is 1.30 bits per heavy atom. The third kappa shape index (κ3) is 2.51. The smallest absolute Gasteiger partial charge is 0.205 e. The maximum atomic E-state index is 6.20. The summed E-state index contributed by atoms with van der Waals surface area (Å²) >= 11 is 9.62. The number of imidazole rings is 1. The van der Waals surface area contributed by atoms with Crippen molar-refractivity contribution in [3.63, 3.8) is 0 Å². The van der Waals surface area contributed by atoms with Crippen molar-refractivity contribution in [2.24, 2.45) is 0 Å². The van der Waals surface area contributed by atoms with Crippen LogP contribution in [0.4, 0.5) is 0 Å². The van der Waals surface area contributed by atoms with E-state index in [4.69, 9.17) is 16.3 Å². The van der Waals surface area contributed by atoms with Crippen LogP contribution in [0.1, 0.15) is 5.56 Å². The first-order chi connectivity index (χ1) is 9.67. The molecule has 102 valence electrons. The van der Waals surface area contributed by atoms with Gasteiger partial charge in [-0.15, -0.1) is 0 Å². The first kappa shape index (κ1) is 13.4. The van der Waals surface area contributed by atoms with Crippen LogP contribution in [-0.4, -0.2) is 21.6 Å². The van der Waals surface area contributed by atoms with Crippen molar-refractivity contribution in [3.05, 3.63) is 51.8 Å². The van der Waals surface area contributed by atoms with Crippen molar-refractivity contribution >= 4 is 38.7 Å². The van der Waals surface area contributed by atoms with E-state index < -0.39 is 0 Å². The molecule has 0 aliphatic carbocycles. The summed E-state index contributed by atoms with van der Waals surface area (Å²) < 4.78 is 7.98. The molecule has 0 spiro atoms. The zero-order chi connectivity index (χ0) is 14.1. The molecule has 0 saturated heterocycles. The Morgan fingerprint density at radius 3 is 2.75 bits per heavy atom. The molecule has 3 aromatic rings. The van der Waals surface area contributed by atoms with E-state index in [0.717, 1.165) is 21.3 Å². The molecule has 0 unspecified atom stereocenters. The molecule has 0 radical (unpaired) electrons. The molecule has 0 bridgehead atoms. The fourth-order valence-electron chi connectivity index (χ4n) is 2.02. The van der Waals surface area contributed by atoms with Gasteiger partial charge >= 0.3 is 0 Å². The summed E-state index contributed by atoms with van der Waals surface area (Å²) in [6.45, 7) is 0.636. The molecule has 2 heterocycles. The fraction of sp³-hybridized carbons (Fsp3) is 0.143. The summed E-state index contributed by atoms with van der Waals surface area (Å²) in [6.07, 6.45) is 1.71. The molecule has 6 heteroatoms. The van der Waals surface area contributed by atoms with Gasteiger partial charge in [-0.1, -0.05) is 12.1 Å². The Kier molecular flexibility index (Phi) is 3.63. The van der Waals surface area contributed by atoms with Gasteiger partial charge in [-0.2, -0.15) is 4.98 Å². The number of benzene rings is 1. The number of pyridine rings is 1. The lowest BCUT2D eigenvalue weighted by molar-refractivity contribution is 0.414. The Balaban J connectivity index is 2.00. The highest BCUT2D eigenvalue weighted by Crippen LogP contribution is 2.23. The van der Waals surface area contributed by atoms with Crippen molar-refractivity contribution in [2.75, 3.05) is 7.11 Å². The predicted molar refractivity (Wildman–Crippen MR) is 82.3 cm³/mol. The zero-order valence-electron chi connectivity index (χ0n) is 10.7. The van der Waals surface area contributed by atoms with Crippen LogP contribution < -0.4 is 4.74 Å². The Morgan fingerprint density at radius 2 is 2.05 bits per heavy atom. The number of fused-ring (bicyclic) bond motifs is 1. The topological polar surface area (TPSA) is 39.9 Å². The third-order valence-corrected chi connectivity index (χ3v) is 3.75. The molecule has 4 nitrogen and oxygen atoms in total. The summed E-state index contributed by atoms with van der Waals surface area (Å²) in [5, 5.41) is 0.432. The lowest BCUT2D eigenvalue weighted by Crippen LogP contribution is -2.00. The highest BCUT2D eigenvalue weighted by molar-refractivity contribution is 9.10. The SMILES string of the molecule is COc1ccc(Cn2c(Cl)nc3ncc(Br)cc32)cc1. The number of nitrogens with zero attached hydrogens (tertiary/aromatic N) is 3. The summed E-state index contributed by atoms with van der Waals surface area (Å²) in [7, 11) is 1.65. The minimum absolute atomic E-state index is 0.432. The lowest BCUT2D eigenvalue weighted by Gasteiger charge is -2.07. The van der Waals surface area contributed by atoms with Crippen LogP contribution in [-0.2, 0) is 6.54 Å². The van der Waals surface area contributed by atoms with Gasteiger partial charge in [0.25, 0.3) is 0 Å². The molecule has 0 saturated carbocycles. The molecule has 2 aromatic heterocycles. The van der Waals surface area contributed by atoms with Gasteiger partial charge in [-0.05, 0) is 51.3 Å². The average molecular weight is 353 g/mol. The monoisotopic (exact) mass is 351 g/mol. The number of aromatic nitrogens is 3. The number of hydrogen-bond acceptors (Lipinski definition) is 3. The second-order valence-electron chi connectivity index (χ2n) is 4.31. The molecule has 0 aliphatic heterocycles. The Bertz CT molecular complexity index is 755. The van der Waals surface area contributed by atoms with Gasteiger partial charge in [0.1, 0.15) is 5.75 Å². The minimum atomic E-state index is 0.432. The molecule has 0 fully saturated rings. The zero-order valence-corrected chi connectivity index (χ0v) is 13.0. The van der Waals surface area contributed by atoms with E-state index in [1.807, 2.05) is 34.9 Å². The molecule has 0 N–H and O–H groups in total. The summed E-state index contributed by atoms with van der Waals surface area (Å²) in [4.78, 5) is 8.50. The molecule has 0 amide bonds. The van der Waals surface area contributed by atoms with E-state index in [-0.39, 0.29) is 0 Å².